The summed E-state index contributed by atoms with van der Waals surface area (Å²) in [6.45, 7) is 5.81. The summed E-state index contributed by atoms with van der Waals surface area (Å²) in [6.07, 6.45) is 5.79. The van der Waals surface area contributed by atoms with Gasteiger partial charge in [0.1, 0.15) is 0 Å². The van der Waals surface area contributed by atoms with Gasteiger partial charge in [-0.25, -0.2) is 0 Å². The quantitative estimate of drug-likeness (QED) is 0.711. The second-order valence-electron chi connectivity index (χ2n) is 6.89. The molecule has 0 aromatic rings. The number of carbonyl (C=O) groups is 2. The first-order valence-electron chi connectivity index (χ1n) is 7.59. The maximum atomic E-state index is 11.7. The van der Waals surface area contributed by atoms with Crippen molar-refractivity contribution in [3.63, 3.8) is 0 Å². The Labute approximate surface area is 122 Å². The van der Waals surface area contributed by atoms with Crippen molar-refractivity contribution in [2.45, 2.75) is 70.9 Å². The van der Waals surface area contributed by atoms with Crippen molar-refractivity contribution in [3.8, 4) is 0 Å². The highest BCUT2D eigenvalue weighted by Gasteiger charge is 2.19. The third kappa shape index (κ3) is 7.48. The Hall–Kier alpha value is -1.10. The highest BCUT2D eigenvalue weighted by molar-refractivity contribution is 5.84. The van der Waals surface area contributed by atoms with Crippen LogP contribution in [-0.2, 0) is 9.59 Å². The number of nitrogens with one attached hydrogen (secondary N) is 2. The van der Waals surface area contributed by atoms with Gasteiger partial charge in [0.2, 0.25) is 11.8 Å². The Morgan fingerprint density at radius 3 is 2.25 bits per heavy atom. The molecule has 0 aromatic heterocycles. The molecule has 0 bridgehead atoms. The van der Waals surface area contributed by atoms with E-state index in [1.165, 1.54) is 0 Å². The second kappa shape index (κ2) is 7.62. The van der Waals surface area contributed by atoms with E-state index in [2.05, 4.69) is 10.6 Å². The van der Waals surface area contributed by atoms with E-state index >= 15 is 0 Å². The monoisotopic (exact) mass is 283 g/mol. The lowest BCUT2D eigenvalue weighted by atomic mass is 9.84. The first kappa shape index (κ1) is 17.0. The molecule has 1 aliphatic rings. The minimum atomic E-state index is -0.261. The minimum absolute atomic E-state index is 0.0380. The van der Waals surface area contributed by atoms with Crippen molar-refractivity contribution in [1.82, 2.24) is 10.6 Å². The van der Waals surface area contributed by atoms with E-state index in [9.17, 15) is 9.59 Å². The number of nitrogens with two attached hydrogens (primary N) is 1. The molecule has 1 rings (SSSR count). The molecule has 0 aromatic carbocycles. The SMILES string of the molecule is CC(C)(C)NC(=O)CNC(=O)CCC1CCC(N)CC1. The Morgan fingerprint density at radius 1 is 1.10 bits per heavy atom. The van der Waals surface area contributed by atoms with Crippen molar-refractivity contribution < 1.29 is 9.59 Å². The van der Waals surface area contributed by atoms with Gasteiger partial charge in [-0.05, 0) is 58.8 Å². The van der Waals surface area contributed by atoms with Crippen LogP contribution in [0.4, 0.5) is 0 Å². The van der Waals surface area contributed by atoms with E-state index in [0.717, 1.165) is 32.1 Å². The lowest BCUT2D eigenvalue weighted by molar-refractivity contribution is -0.127. The molecule has 5 heteroatoms. The first-order valence-corrected chi connectivity index (χ1v) is 7.59. The molecule has 20 heavy (non-hydrogen) atoms. The van der Waals surface area contributed by atoms with Crippen LogP contribution in [0.3, 0.4) is 0 Å². The number of carbonyl (C=O) groups excluding carboxylic acids is 2. The zero-order valence-corrected chi connectivity index (χ0v) is 13.0. The molecule has 0 heterocycles. The topological polar surface area (TPSA) is 84.2 Å². The van der Waals surface area contributed by atoms with Crippen molar-refractivity contribution >= 4 is 11.8 Å². The van der Waals surface area contributed by atoms with Crippen LogP contribution in [0.25, 0.3) is 0 Å². The Kier molecular flexibility index (Phi) is 6.46. The molecule has 116 valence electrons. The summed E-state index contributed by atoms with van der Waals surface area (Å²) in [5.74, 6) is 0.433. The van der Waals surface area contributed by atoms with E-state index in [0.29, 0.717) is 18.4 Å². The molecule has 0 saturated heterocycles. The number of hydrogen-bond acceptors (Lipinski definition) is 3. The van der Waals surface area contributed by atoms with E-state index in [1.807, 2.05) is 20.8 Å². The van der Waals surface area contributed by atoms with Crippen molar-refractivity contribution in [1.29, 1.82) is 0 Å². The predicted molar refractivity (Wildman–Crippen MR) is 80.1 cm³/mol. The maximum absolute atomic E-state index is 11.7. The van der Waals surface area contributed by atoms with E-state index in [-0.39, 0.29) is 23.9 Å². The van der Waals surface area contributed by atoms with Gasteiger partial charge in [0.05, 0.1) is 6.54 Å². The molecular weight excluding hydrogens is 254 g/mol. The number of hydrogen-bond donors (Lipinski definition) is 3. The average molecular weight is 283 g/mol. The van der Waals surface area contributed by atoms with Crippen LogP contribution in [0, 0.1) is 5.92 Å². The van der Waals surface area contributed by atoms with Gasteiger partial charge < -0.3 is 16.4 Å². The maximum Gasteiger partial charge on any atom is 0.239 e. The van der Waals surface area contributed by atoms with Crippen molar-refractivity contribution in [2.75, 3.05) is 6.54 Å². The Morgan fingerprint density at radius 2 is 1.70 bits per heavy atom. The minimum Gasteiger partial charge on any atom is -0.350 e. The van der Waals surface area contributed by atoms with Crippen LogP contribution >= 0.6 is 0 Å². The van der Waals surface area contributed by atoms with Gasteiger partial charge in [-0.1, -0.05) is 0 Å². The van der Waals surface area contributed by atoms with E-state index in [1.54, 1.807) is 0 Å². The summed E-state index contributed by atoms with van der Waals surface area (Å²) in [5, 5.41) is 5.49. The molecular formula is C15H29N3O2. The highest BCUT2D eigenvalue weighted by Crippen LogP contribution is 2.26. The molecule has 2 amide bonds. The van der Waals surface area contributed by atoms with Crippen LogP contribution in [-0.4, -0.2) is 29.9 Å². The summed E-state index contributed by atoms with van der Waals surface area (Å²) in [5.41, 5.74) is 5.60. The van der Waals surface area contributed by atoms with Gasteiger partial charge in [-0.15, -0.1) is 0 Å². The lowest BCUT2D eigenvalue weighted by Crippen LogP contribution is -2.45. The van der Waals surface area contributed by atoms with Crippen LogP contribution < -0.4 is 16.4 Å². The average Bonchev–Trinajstić information content (AvgIpc) is 2.33. The molecule has 0 radical (unpaired) electrons. The normalized spacial score (nSPS) is 23.2. The van der Waals surface area contributed by atoms with Gasteiger partial charge in [-0.2, -0.15) is 0 Å². The van der Waals surface area contributed by atoms with Crippen LogP contribution in [0.15, 0.2) is 0 Å². The van der Waals surface area contributed by atoms with E-state index in [4.69, 9.17) is 5.73 Å². The molecule has 5 nitrogen and oxygen atoms in total. The zero-order valence-electron chi connectivity index (χ0n) is 13.0. The molecule has 4 N–H and O–H groups in total. The molecule has 0 unspecified atom stereocenters. The Balaban J connectivity index is 2.13. The van der Waals surface area contributed by atoms with Gasteiger partial charge in [0.25, 0.3) is 0 Å². The molecule has 1 fully saturated rings. The first-order chi connectivity index (χ1) is 9.26. The van der Waals surface area contributed by atoms with Gasteiger partial charge in [0.15, 0.2) is 0 Å². The summed E-state index contributed by atoms with van der Waals surface area (Å²) in [6, 6.07) is 0.348. The molecule has 1 aliphatic carbocycles. The summed E-state index contributed by atoms with van der Waals surface area (Å²) in [7, 11) is 0. The second-order valence-corrected chi connectivity index (χ2v) is 6.89. The smallest absolute Gasteiger partial charge is 0.239 e. The Bertz CT molecular complexity index is 329. The summed E-state index contributed by atoms with van der Waals surface area (Å²) < 4.78 is 0. The molecule has 0 aliphatic heterocycles. The predicted octanol–water partition coefficient (Wildman–Crippen LogP) is 1.31. The number of rotatable bonds is 5. The third-order valence-electron chi connectivity index (χ3n) is 3.63. The molecule has 0 atom stereocenters. The summed E-state index contributed by atoms with van der Waals surface area (Å²) >= 11 is 0. The number of amides is 2. The molecule has 0 spiro atoms. The summed E-state index contributed by atoms with van der Waals surface area (Å²) in [4.78, 5) is 23.3. The third-order valence-corrected chi connectivity index (χ3v) is 3.63. The van der Waals surface area contributed by atoms with Crippen molar-refractivity contribution in [3.05, 3.63) is 0 Å². The lowest BCUT2D eigenvalue weighted by Gasteiger charge is -2.25. The van der Waals surface area contributed by atoms with E-state index < -0.39 is 0 Å². The molecule has 1 saturated carbocycles. The zero-order chi connectivity index (χ0) is 15.2. The van der Waals surface area contributed by atoms with Crippen LogP contribution in [0.5, 0.6) is 0 Å². The van der Waals surface area contributed by atoms with Crippen molar-refractivity contribution in [2.24, 2.45) is 11.7 Å². The fraction of sp³-hybridized carbons (Fsp3) is 0.867. The van der Waals surface area contributed by atoms with Crippen LogP contribution in [0.2, 0.25) is 0 Å². The van der Waals surface area contributed by atoms with Gasteiger partial charge in [0, 0.05) is 18.0 Å². The highest BCUT2D eigenvalue weighted by atomic mass is 16.2. The largest absolute Gasteiger partial charge is 0.350 e. The standard InChI is InChI=1S/C15H29N3O2/c1-15(2,3)18-14(20)10-17-13(19)9-6-11-4-7-12(16)8-5-11/h11-12H,4-10,16H2,1-3H3,(H,17,19)(H,18,20). The van der Waals surface area contributed by atoms with Crippen LogP contribution in [0.1, 0.15) is 59.3 Å². The van der Waals surface area contributed by atoms with Gasteiger partial charge in [-0.3, -0.25) is 9.59 Å². The van der Waals surface area contributed by atoms with Gasteiger partial charge >= 0.3 is 0 Å². The fourth-order valence-electron chi connectivity index (χ4n) is 2.54. The fourth-order valence-corrected chi connectivity index (χ4v) is 2.54.